The second-order valence-electron chi connectivity index (χ2n) is 2.51. The molecular weight excluding hydrogens is 182 g/mol. The molecule has 4 nitrogen and oxygen atoms in total. The highest BCUT2D eigenvalue weighted by Crippen LogP contribution is 1.98. The molecule has 0 atom stereocenters. The molecule has 0 bridgehead atoms. The summed E-state index contributed by atoms with van der Waals surface area (Å²) in [6.07, 6.45) is 1.65. The summed E-state index contributed by atoms with van der Waals surface area (Å²) in [5, 5.41) is 17.0. The summed E-state index contributed by atoms with van der Waals surface area (Å²) in [4.78, 5) is 14.3. The zero-order valence-electron chi connectivity index (χ0n) is 7.40. The maximum atomic E-state index is 10.5. The summed E-state index contributed by atoms with van der Waals surface area (Å²) >= 11 is 0. The first-order valence-electron chi connectivity index (χ1n) is 4.03. The lowest BCUT2D eigenvalue weighted by Gasteiger charge is -1.92. The highest BCUT2D eigenvalue weighted by Gasteiger charge is 2.00. The lowest BCUT2D eigenvalue weighted by atomic mass is 10.2. The lowest BCUT2D eigenvalue weighted by molar-refractivity contribution is 0.0696. The molecule has 1 rings (SSSR count). The zero-order chi connectivity index (χ0) is 10.4. The molecule has 1 heterocycles. The first kappa shape index (κ1) is 10.2. The molecule has 0 aliphatic carbocycles. The average molecular weight is 191 g/mol. The van der Waals surface area contributed by atoms with Gasteiger partial charge in [-0.2, -0.15) is 0 Å². The van der Waals surface area contributed by atoms with E-state index in [9.17, 15) is 4.79 Å². The normalized spacial score (nSPS) is 8.93. The number of aliphatic hydroxyl groups is 1. The molecule has 0 aliphatic rings. The lowest BCUT2D eigenvalue weighted by Crippen LogP contribution is -1.97. The molecule has 0 aromatic carbocycles. The fourth-order valence-corrected chi connectivity index (χ4v) is 0.803. The molecular formula is C10H9NO3. The Bertz CT molecular complexity index is 373. The van der Waals surface area contributed by atoms with Crippen LogP contribution in [0.1, 0.15) is 22.5 Å². The van der Waals surface area contributed by atoms with Crippen LogP contribution in [0.4, 0.5) is 0 Å². The van der Waals surface area contributed by atoms with E-state index in [1.54, 1.807) is 0 Å². The van der Waals surface area contributed by atoms with Crippen LogP contribution in [-0.2, 0) is 0 Å². The Balaban J connectivity index is 2.75. The van der Waals surface area contributed by atoms with Crippen molar-refractivity contribution in [3.8, 4) is 11.8 Å². The van der Waals surface area contributed by atoms with E-state index in [2.05, 4.69) is 16.8 Å². The van der Waals surface area contributed by atoms with Gasteiger partial charge in [-0.15, -0.1) is 0 Å². The highest BCUT2D eigenvalue weighted by atomic mass is 16.4. The summed E-state index contributed by atoms with van der Waals surface area (Å²) in [5.41, 5.74) is 0.640. The smallest absolute Gasteiger partial charge is 0.337 e. The van der Waals surface area contributed by atoms with Crippen molar-refractivity contribution in [1.82, 2.24) is 4.98 Å². The van der Waals surface area contributed by atoms with Gasteiger partial charge in [0.1, 0.15) is 5.69 Å². The van der Waals surface area contributed by atoms with Crippen LogP contribution in [0.5, 0.6) is 0 Å². The molecule has 14 heavy (non-hydrogen) atoms. The Morgan fingerprint density at radius 2 is 2.29 bits per heavy atom. The first-order chi connectivity index (χ1) is 6.74. The number of carboxylic acid groups (broad SMARTS) is 1. The minimum absolute atomic E-state index is 0.0141. The number of aromatic nitrogens is 1. The van der Waals surface area contributed by atoms with E-state index in [0.29, 0.717) is 12.1 Å². The number of hydrogen-bond acceptors (Lipinski definition) is 3. The molecule has 0 saturated carbocycles. The summed E-state index contributed by atoms with van der Waals surface area (Å²) < 4.78 is 0. The van der Waals surface area contributed by atoms with Gasteiger partial charge in [-0.1, -0.05) is 5.92 Å². The van der Waals surface area contributed by atoms with E-state index < -0.39 is 5.97 Å². The Hall–Kier alpha value is -1.86. The quantitative estimate of drug-likeness (QED) is 0.668. The van der Waals surface area contributed by atoms with Crippen LogP contribution >= 0.6 is 0 Å². The van der Waals surface area contributed by atoms with Crippen LogP contribution in [0.15, 0.2) is 18.3 Å². The number of aliphatic hydroxyl groups excluding tert-OH is 1. The number of pyridine rings is 1. The second kappa shape index (κ2) is 5.00. The molecule has 72 valence electrons. The maximum Gasteiger partial charge on any atom is 0.337 e. The van der Waals surface area contributed by atoms with Crippen LogP contribution in [0.25, 0.3) is 0 Å². The van der Waals surface area contributed by atoms with Gasteiger partial charge in [-0.05, 0) is 18.1 Å². The number of carboxylic acids is 1. The first-order valence-corrected chi connectivity index (χ1v) is 4.03. The van der Waals surface area contributed by atoms with Crippen molar-refractivity contribution in [3.63, 3.8) is 0 Å². The molecule has 1 aromatic rings. The fraction of sp³-hybridized carbons (Fsp3) is 0.200. The van der Waals surface area contributed by atoms with Crippen molar-refractivity contribution in [2.45, 2.75) is 6.42 Å². The molecule has 4 heteroatoms. The van der Waals surface area contributed by atoms with Crippen molar-refractivity contribution in [1.29, 1.82) is 0 Å². The van der Waals surface area contributed by atoms with E-state index in [-0.39, 0.29) is 12.2 Å². The van der Waals surface area contributed by atoms with E-state index in [4.69, 9.17) is 10.2 Å². The third-order valence-electron chi connectivity index (χ3n) is 1.46. The van der Waals surface area contributed by atoms with Crippen LogP contribution in [0, 0.1) is 11.8 Å². The Labute approximate surface area is 81.2 Å². The Kier molecular flexibility index (Phi) is 3.65. The van der Waals surface area contributed by atoms with Gasteiger partial charge in [0.05, 0.1) is 12.2 Å². The minimum Gasteiger partial charge on any atom is -0.478 e. The summed E-state index contributed by atoms with van der Waals surface area (Å²) in [5.74, 6) is 4.38. The maximum absolute atomic E-state index is 10.5. The molecule has 0 radical (unpaired) electrons. The van der Waals surface area contributed by atoms with E-state index in [1.165, 1.54) is 18.3 Å². The monoisotopic (exact) mass is 191 g/mol. The molecule has 0 spiro atoms. The van der Waals surface area contributed by atoms with Crippen LogP contribution in [-0.4, -0.2) is 27.8 Å². The number of carbonyl (C=O) groups is 1. The number of aromatic carboxylic acids is 1. The van der Waals surface area contributed by atoms with Gasteiger partial charge in [-0.3, -0.25) is 0 Å². The topological polar surface area (TPSA) is 70.4 Å². The van der Waals surface area contributed by atoms with E-state index >= 15 is 0 Å². The second-order valence-corrected chi connectivity index (χ2v) is 2.51. The van der Waals surface area contributed by atoms with Gasteiger partial charge >= 0.3 is 5.97 Å². The fourth-order valence-electron chi connectivity index (χ4n) is 0.803. The number of nitrogens with zero attached hydrogens (tertiary/aromatic N) is 1. The van der Waals surface area contributed by atoms with Crippen molar-refractivity contribution in [2.75, 3.05) is 6.61 Å². The molecule has 2 N–H and O–H groups in total. The Morgan fingerprint density at radius 1 is 1.50 bits per heavy atom. The minimum atomic E-state index is -1.01. The van der Waals surface area contributed by atoms with Gasteiger partial charge < -0.3 is 10.2 Å². The van der Waals surface area contributed by atoms with Crippen molar-refractivity contribution in [3.05, 3.63) is 29.6 Å². The van der Waals surface area contributed by atoms with Gasteiger partial charge in [-0.25, -0.2) is 9.78 Å². The molecule has 0 saturated heterocycles. The third-order valence-corrected chi connectivity index (χ3v) is 1.46. The van der Waals surface area contributed by atoms with E-state index in [1.807, 2.05) is 0 Å². The van der Waals surface area contributed by atoms with Crippen molar-refractivity contribution >= 4 is 5.97 Å². The summed E-state index contributed by atoms with van der Waals surface area (Å²) in [6.45, 7) is 0.0141. The largest absolute Gasteiger partial charge is 0.478 e. The van der Waals surface area contributed by atoms with Crippen LogP contribution in [0.2, 0.25) is 0 Å². The summed E-state index contributed by atoms with van der Waals surface area (Å²) in [7, 11) is 0. The van der Waals surface area contributed by atoms with Gasteiger partial charge in [0.2, 0.25) is 0 Å². The molecule has 0 unspecified atom stereocenters. The standard InChI is InChI=1S/C10H9NO3/c12-6-2-1-3-9-5-4-8(7-11-9)10(13)14/h4-5,7,12H,2,6H2,(H,13,14). The Morgan fingerprint density at radius 3 is 2.79 bits per heavy atom. The molecule has 0 aliphatic heterocycles. The third kappa shape index (κ3) is 2.88. The average Bonchev–Trinajstić information content (AvgIpc) is 2.19. The number of rotatable bonds is 2. The van der Waals surface area contributed by atoms with Gasteiger partial charge in [0.15, 0.2) is 0 Å². The van der Waals surface area contributed by atoms with Gasteiger partial charge in [0.25, 0.3) is 0 Å². The predicted molar refractivity (Wildman–Crippen MR) is 49.8 cm³/mol. The predicted octanol–water partition coefficient (Wildman–Crippen LogP) is 0.514. The molecule has 0 amide bonds. The summed E-state index contributed by atoms with van der Waals surface area (Å²) in [6, 6.07) is 2.98. The molecule has 1 aromatic heterocycles. The van der Waals surface area contributed by atoms with E-state index in [0.717, 1.165) is 0 Å². The van der Waals surface area contributed by atoms with Crippen molar-refractivity contribution in [2.24, 2.45) is 0 Å². The zero-order valence-corrected chi connectivity index (χ0v) is 7.40. The van der Waals surface area contributed by atoms with Crippen LogP contribution < -0.4 is 0 Å². The SMILES string of the molecule is O=C(O)c1ccc(C#CCCO)nc1. The number of hydrogen-bond donors (Lipinski definition) is 2. The van der Waals surface area contributed by atoms with Crippen LogP contribution in [0.3, 0.4) is 0 Å². The van der Waals surface area contributed by atoms with Crippen molar-refractivity contribution < 1.29 is 15.0 Å². The molecule has 0 fully saturated rings. The highest BCUT2D eigenvalue weighted by molar-refractivity contribution is 5.87. The van der Waals surface area contributed by atoms with Gasteiger partial charge in [0, 0.05) is 12.6 Å².